The summed E-state index contributed by atoms with van der Waals surface area (Å²) in [6.07, 6.45) is 9.12. The molecular formula is C25H28N2O4. The van der Waals surface area contributed by atoms with Crippen LogP contribution < -0.4 is 4.74 Å². The summed E-state index contributed by atoms with van der Waals surface area (Å²) in [6.45, 7) is 2.58. The predicted octanol–water partition coefficient (Wildman–Crippen LogP) is 4.62. The Hall–Kier alpha value is -3.15. The van der Waals surface area contributed by atoms with E-state index >= 15 is 0 Å². The maximum absolute atomic E-state index is 13.2. The first-order valence-corrected chi connectivity index (χ1v) is 11.0. The second-order valence-electron chi connectivity index (χ2n) is 8.16. The average Bonchev–Trinajstić information content (AvgIpc) is 3.09. The van der Waals surface area contributed by atoms with Crippen molar-refractivity contribution >= 4 is 17.4 Å². The van der Waals surface area contributed by atoms with Gasteiger partial charge in [-0.25, -0.2) is 0 Å². The van der Waals surface area contributed by atoms with Gasteiger partial charge in [0.15, 0.2) is 0 Å². The zero-order valence-corrected chi connectivity index (χ0v) is 17.8. The van der Waals surface area contributed by atoms with E-state index in [4.69, 9.17) is 4.74 Å². The SMILES string of the molecule is CCCOc1cccc(/C(O)=C2/C(=O)C(=O)N(C3CCCCC3)C2c2ccncc2)c1. The Morgan fingerprint density at radius 3 is 2.58 bits per heavy atom. The molecule has 1 saturated carbocycles. The van der Waals surface area contributed by atoms with E-state index in [-0.39, 0.29) is 17.4 Å². The molecule has 2 heterocycles. The number of hydrogen-bond acceptors (Lipinski definition) is 5. The number of aromatic nitrogens is 1. The lowest BCUT2D eigenvalue weighted by Crippen LogP contribution is -2.40. The smallest absolute Gasteiger partial charge is 0.295 e. The van der Waals surface area contributed by atoms with Crippen molar-refractivity contribution in [1.29, 1.82) is 0 Å². The lowest BCUT2D eigenvalue weighted by Gasteiger charge is -2.35. The molecule has 1 aliphatic carbocycles. The van der Waals surface area contributed by atoms with Crippen LogP contribution in [-0.4, -0.2) is 39.3 Å². The lowest BCUT2D eigenvalue weighted by atomic mass is 9.91. The van der Waals surface area contributed by atoms with Gasteiger partial charge in [0.05, 0.1) is 18.2 Å². The van der Waals surface area contributed by atoms with Crippen LogP contribution in [0.2, 0.25) is 0 Å². The van der Waals surface area contributed by atoms with Crippen LogP contribution >= 0.6 is 0 Å². The number of likely N-dealkylation sites (tertiary alicyclic amines) is 1. The van der Waals surface area contributed by atoms with Crippen LogP contribution in [0.25, 0.3) is 5.76 Å². The number of amides is 1. The number of nitrogens with zero attached hydrogens (tertiary/aromatic N) is 2. The van der Waals surface area contributed by atoms with Crippen LogP contribution in [0.15, 0.2) is 54.4 Å². The van der Waals surface area contributed by atoms with E-state index < -0.39 is 17.7 Å². The Morgan fingerprint density at radius 1 is 1.13 bits per heavy atom. The topological polar surface area (TPSA) is 79.7 Å². The molecule has 4 rings (SSSR count). The minimum atomic E-state index is -0.634. The van der Waals surface area contributed by atoms with Gasteiger partial charge in [0, 0.05) is 24.0 Å². The minimum Gasteiger partial charge on any atom is -0.507 e. The molecule has 31 heavy (non-hydrogen) atoms. The van der Waals surface area contributed by atoms with Crippen molar-refractivity contribution in [1.82, 2.24) is 9.88 Å². The summed E-state index contributed by atoms with van der Waals surface area (Å²) in [5.41, 5.74) is 1.38. The van der Waals surface area contributed by atoms with Crippen molar-refractivity contribution in [2.24, 2.45) is 0 Å². The number of ketones is 1. The van der Waals surface area contributed by atoms with Crippen LogP contribution in [0.4, 0.5) is 0 Å². The molecule has 1 aromatic carbocycles. The number of aliphatic hydroxyl groups excluding tert-OH is 1. The van der Waals surface area contributed by atoms with Crippen molar-refractivity contribution in [2.75, 3.05) is 6.61 Å². The normalized spacial score (nSPS) is 21.5. The summed E-state index contributed by atoms with van der Waals surface area (Å²) < 4.78 is 5.68. The minimum absolute atomic E-state index is 0.00659. The molecule has 1 unspecified atom stereocenters. The molecule has 6 heteroatoms. The number of rotatable bonds is 6. The van der Waals surface area contributed by atoms with E-state index in [0.29, 0.717) is 17.9 Å². The third-order valence-corrected chi connectivity index (χ3v) is 6.05. The van der Waals surface area contributed by atoms with Crippen molar-refractivity contribution < 1.29 is 19.4 Å². The fourth-order valence-electron chi connectivity index (χ4n) is 4.57. The molecule has 1 saturated heterocycles. The Balaban J connectivity index is 1.80. The third kappa shape index (κ3) is 4.20. The van der Waals surface area contributed by atoms with Gasteiger partial charge in [-0.2, -0.15) is 0 Å². The summed E-state index contributed by atoms with van der Waals surface area (Å²) in [4.78, 5) is 32.1. The lowest BCUT2D eigenvalue weighted by molar-refractivity contribution is -0.141. The number of aliphatic hydroxyl groups is 1. The molecule has 0 spiro atoms. The molecule has 2 aliphatic rings. The zero-order valence-electron chi connectivity index (χ0n) is 17.8. The second-order valence-corrected chi connectivity index (χ2v) is 8.16. The highest BCUT2D eigenvalue weighted by atomic mass is 16.5. The second kappa shape index (κ2) is 9.33. The number of pyridine rings is 1. The van der Waals surface area contributed by atoms with E-state index in [2.05, 4.69) is 4.98 Å². The number of carbonyl (C=O) groups is 2. The van der Waals surface area contributed by atoms with Gasteiger partial charge in [-0.3, -0.25) is 14.6 Å². The standard InChI is InChI=1S/C25H28N2O4/c1-2-15-31-20-10-6-7-18(16-20)23(28)21-22(17-11-13-26-14-12-17)27(25(30)24(21)29)19-8-4-3-5-9-19/h6-7,10-14,16,19,22,28H,2-5,8-9,15H2,1H3/b23-21-. The molecule has 1 aromatic heterocycles. The molecule has 2 aromatic rings. The first-order chi connectivity index (χ1) is 15.1. The van der Waals surface area contributed by atoms with E-state index in [9.17, 15) is 14.7 Å². The highest BCUT2D eigenvalue weighted by molar-refractivity contribution is 6.46. The van der Waals surface area contributed by atoms with Gasteiger partial charge >= 0.3 is 0 Å². The average molecular weight is 421 g/mol. The highest BCUT2D eigenvalue weighted by Crippen LogP contribution is 2.43. The molecule has 1 atom stereocenters. The van der Waals surface area contributed by atoms with Gasteiger partial charge in [-0.15, -0.1) is 0 Å². The van der Waals surface area contributed by atoms with Crippen molar-refractivity contribution in [3.8, 4) is 5.75 Å². The summed E-state index contributed by atoms with van der Waals surface area (Å²) in [5.74, 6) is -0.716. The first kappa shape index (κ1) is 21.1. The van der Waals surface area contributed by atoms with E-state index in [1.54, 1.807) is 47.6 Å². The fourth-order valence-corrected chi connectivity index (χ4v) is 4.57. The number of hydrogen-bond donors (Lipinski definition) is 1. The van der Waals surface area contributed by atoms with Gasteiger partial charge in [0.25, 0.3) is 11.7 Å². The number of ether oxygens (including phenoxy) is 1. The highest BCUT2D eigenvalue weighted by Gasteiger charge is 2.48. The summed E-state index contributed by atoms with van der Waals surface area (Å²) >= 11 is 0. The van der Waals surface area contributed by atoms with Gasteiger partial charge in [0.2, 0.25) is 0 Å². The Morgan fingerprint density at radius 2 is 1.87 bits per heavy atom. The summed E-state index contributed by atoms with van der Waals surface area (Å²) in [6, 6.07) is 10.0. The fraction of sp³-hybridized carbons (Fsp3) is 0.400. The Kier molecular flexibility index (Phi) is 6.35. The van der Waals surface area contributed by atoms with Crippen molar-refractivity contribution in [3.63, 3.8) is 0 Å². The van der Waals surface area contributed by atoms with E-state index in [1.807, 2.05) is 13.0 Å². The Labute approximate surface area is 182 Å². The molecule has 0 bridgehead atoms. The first-order valence-electron chi connectivity index (χ1n) is 11.0. The molecule has 2 fully saturated rings. The van der Waals surface area contributed by atoms with E-state index in [0.717, 1.165) is 44.1 Å². The quantitative estimate of drug-likeness (QED) is 0.419. The summed E-state index contributed by atoms with van der Waals surface area (Å²) in [7, 11) is 0. The van der Waals surface area contributed by atoms with Gasteiger partial charge in [-0.05, 0) is 49.1 Å². The van der Waals surface area contributed by atoms with Crippen LogP contribution in [0, 0.1) is 0 Å². The van der Waals surface area contributed by atoms with E-state index in [1.165, 1.54) is 0 Å². The van der Waals surface area contributed by atoms with Crippen molar-refractivity contribution in [2.45, 2.75) is 57.5 Å². The predicted molar refractivity (Wildman–Crippen MR) is 117 cm³/mol. The van der Waals surface area contributed by atoms with Crippen LogP contribution in [-0.2, 0) is 9.59 Å². The van der Waals surface area contributed by atoms with Crippen LogP contribution in [0.5, 0.6) is 5.75 Å². The van der Waals surface area contributed by atoms with Crippen LogP contribution in [0.1, 0.15) is 62.6 Å². The summed E-state index contributed by atoms with van der Waals surface area (Å²) in [5, 5.41) is 11.2. The van der Waals surface area contributed by atoms with Gasteiger partial charge in [0.1, 0.15) is 11.5 Å². The monoisotopic (exact) mass is 420 g/mol. The van der Waals surface area contributed by atoms with Crippen molar-refractivity contribution in [3.05, 3.63) is 65.5 Å². The zero-order chi connectivity index (χ0) is 21.8. The van der Waals surface area contributed by atoms with Gasteiger partial charge < -0.3 is 14.7 Å². The maximum Gasteiger partial charge on any atom is 0.295 e. The van der Waals surface area contributed by atoms with Crippen LogP contribution in [0.3, 0.4) is 0 Å². The molecule has 1 amide bonds. The largest absolute Gasteiger partial charge is 0.507 e. The van der Waals surface area contributed by atoms with Gasteiger partial charge in [-0.1, -0.05) is 38.3 Å². The molecule has 1 N–H and O–H groups in total. The number of Topliss-reactive ketones (excluding diaryl/α,β-unsaturated/α-hetero) is 1. The Bertz CT molecular complexity index is 980. The maximum atomic E-state index is 13.2. The number of carbonyl (C=O) groups excluding carboxylic acids is 2. The third-order valence-electron chi connectivity index (χ3n) is 6.05. The number of benzene rings is 1. The molecule has 162 valence electrons. The molecule has 0 radical (unpaired) electrons. The molecule has 6 nitrogen and oxygen atoms in total. The molecule has 1 aliphatic heterocycles. The molecular weight excluding hydrogens is 392 g/mol.